The minimum atomic E-state index is -0.594. The summed E-state index contributed by atoms with van der Waals surface area (Å²) in [6.07, 6.45) is 1.43. The van der Waals surface area contributed by atoms with Gasteiger partial charge in [0.2, 0.25) is 5.91 Å². The van der Waals surface area contributed by atoms with E-state index >= 15 is 0 Å². The fourth-order valence-electron chi connectivity index (χ4n) is 4.29. The van der Waals surface area contributed by atoms with Gasteiger partial charge in [0, 0.05) is 16.1 Å². The van der Waals surface area contributed by atoms with E-state index in [0.717, 1.165) is 0 Å². The van der Waals surface area contributed by atoms with E-state index < -0.39 is 22.9 Å². The lowest BCUT2D eigenvalue weighted by atomic mass is 10.1. The number of thioether (sulfide) groups is 1. The number of nitrogens with one attached hydrogen (secondary N) is 3. The summed E-state index contributed by atoms with van der Waals surface area (Å²) in [5, 5.41) is 13.1. The summed E-state index contributed by atoms with van der Waals surface area (Å²) in [6, 6.07) is 29.8. The number of carbonyl (C=O) groups excluding carboxylic acids is 4. The molecule has 1 aliphatic heterocycles. The van der Waals surface area contributed by atoms with Gasteiger partial charge in [0.05, 0.1) is 17.4 Å². The standard InChI is InChI=1S/C34H28FN5O4S/c1-22(32(42)38-30-21-31(41)40(39-30)27-12-6-3-7-13-27)45-28-14-8-11-26(20-28)36-34(44)29(19-23-15-17-25(35)18-16-23)37-33(43)24-9-4-2-5-10-24/h2-20,22H,21H2,1H3,(H,36,44)(H,37,43)(H,38,39,42)/b29-19-. The number of hydrogen-bond acceptors (Lipinski definition) is 6. The second kappa shape index (κ2) is 14.3. The number of amides is 4. The molecule has 0 bridgehead atoms. The number of benzene rings is 4. The summed E-state index contributed by atoms with van der Waals surface area (Å²) in [4.78, 5) is 52.3. The highest BCUT2D eigenvalue weighted by Gasteiger charge is 2.27. The van der Waals surface area contributed by atoms with Gasteiger partial charge in [-0.1, -0.05) is 54.6 Å². The van der Waals surface area contributed by atoms with Crippen molar-refractivity contribution in [3.05, 3.63) is 132 Å². The second-order valence-corrected chi connectivity index (χ2v) is 11.3. The third kappa shape index (κ3) is 8.30. The first kappa shape index (κ1) is 30.9. The summed E-state index contributed by atoms with van der Waals surface area (Å²) in [6.45, 7) is 1.72. The van der Waals surface area contributed by atoms with Crippen LogP contribution in [0.25, 0.3) is 6.08 Å². The van der Waals surface area contributed by atoms with Crippen LogP contribution in [0.1, 0.15) is 29.3 Å². The first-order valence-electron chi connectivity index (χ1n) is 13.9. The number of carbonyl (C=O) groups is 4. The Morgan fingerprint density at radius 2 is 1.58 bits per heavy atom. The van der Waals surface area contributed by atoms with Crippen LogP contribution in [0.5, 0.6) is 0 Å². The molecule has 0 saturated heterocycles. The fourth-order valence-corrected chi connectivity index (χ4v) is 5.21. The minimum absolute atomic E-state index is 0.0197. The Morgan fingerprint density at radius 1 is 0.889 bits per heavy atom. The molecule has 0 spiro atoms. The SMILES string of the molecule is CC(Sc1cccc(NC(=O)/C(=C/c2ccc(F)cc2)NC(=O)c2ccccc2)c1)C(=O)NC1=NN(c2ccccc2)C(=O)C1. The summed E-state index contributed by atoms with van der Waals surface area (Å²) >= 11 is 1.26. The Hall–Kier alpha value is -5.55. The Kier molecular flexibility index (Phi) is 9.80. The summed E-state index contributed by atoms with van der Waals surface area (Å²) < 4.78 is 13.5. The van der Waals surface area contributed by atoms with Crippen molar-refractivity contribution >= 4 is 58.7 Å². The van der Waals surface area contributed by atoms with Gasteiger partial charge in [-0.25, -0.2) is 4.39 Å². The van der Waals surface area contributed by atoms with Gasteiger partial charge in [0.1, 0.15) is 17.3 Å². The molecular weight excluding hydrogens is 593 g/mol. The molecule has 4 amide bonds. The van der Waals surface area contributed by atoms with Gasteiger partial charge in [-0.3, -0.25) is 19.2 Å². The quantitative estimate of drug-likeness (QED) is 0.167. The lowest BCUT2D eigenvalue weighted by Gasteiger charge is -2.14. The Bertz CT molecular complexity index is 1780. The third-order valence-corrected chi connectivity index (χ3v) is 7.62. The van der Waals surface area contributed by atoms with E-state index in [1.165, 1.54) is 47.1 Å². The van der Waals surface area contributed by atoms with E-state index in [0.29, 0.717) is 27.4 Å². The predicted octanol–water partition coefficient (Wildman–Crippen LogP) is 5.58. The molecule has 45 heavy (non-hydrogen) atoms. The zero-order valence-electron chi connectivity index (χ0n) is 24.1. The van der Waals surface area contributed by atoms with Crippen LogP contribution in [0.2, 0.25) is 0 Å². The molecule has 0 aliphatic carbocycles. The van der Waals surface area contributed by atoms with Crippen molar-refractivity contribution < 1.29 is 23.6 Å². The van der Waals surface area contributed by atoms with Gasteiger partial charge < -0.3 is 16.0 Å². The number of rotatable bonds is 9. The Morgan fingerprint density at radius 3 is 2.29 bits per heavy atom. The number of hydrogen-bond donors (Lipinski definition) is 3. The van der Waals surface area contributed by atoms with E-state index in [9.17, 15) is 23.6 Å². The number of halogens is 1. The van der Waals surface area contributed by atoms with Crippen molar-refractivity contribution in [3.8, 4) is 0 Å². The van der Waals surface area contributed by atoms with Crippen molar-refractivity contribution in [2.75, 3.05) is 10.3 Å². The van der Waals surface area contributed by atoms with Crippen molar-refractivity contribution in [1.82, 2.24) is 10.6 Å². The van der Waals surface area contributed by atoms with Crippen LogP contribution in [0.3, 0.4) is 0 Å². The van der Waals surface area contributed by atoms with Gasteiger partial charge in [-0.05, 0) is 73.2 Å². The van der Waals surface area contributed by atoms with Crippen molar-refractivity contribution in [2.24, 2.45) is 5.10 Å². The smallest absolute Gasteiger partial charge is 0.272 e. The van der Waals surface area contributed by atoms with Gasteiger partial charge in [0.15, 0.2) is 0 Å². The average Bonchev–Trinajstić information content (AvgIpc) is 3.42. The second-order valence-electron chi connectivity index (χ2n) is 9.93. The summed E-state index contributed by atoms with van der Waals surface area (Å²) in [5.74, 6) is -1.81. The lowest BCUT2D eigenvalue weighted by molar-refractivity contribution is -0.119. The predicted molar refractivity (Wildman–Crippen MR) is 173 cm³/mol. The molecule has 4 aromatic carbocycles. The van der Waals surface area contributed by atoms with E-state index in [-0.39, 0.29) is 29.8 Å². The van der Waals surface area contributed by atoms with Crippen molar-refractivity contribution in [1.29, 1.82) is 0 Å². The molecule has 1 atom stereocenters. The van der Waals surface area contributed by atoms with Crippen LogP contribution in [0.15, 0.2) is 125 Å². The van der Waals surface area contributed by atoms with E-state index in [4.69, 9.17) is 0 Å². The zero-order chi connectivity index (χ0) is 31.8. The highest BCUT2D eigenvalue weighted by molar-refractivity contribution is 8.00. The molecule has 1 unspecified atom stereocenters. The summed E-state index contributed by atoms with van der Waals surface area (Å²) in [7, 11) is 0. The molecule has 0 saturated carbocycles. The first-order chi connectivity index (χ1) is 21.7. The average molecular weight is 622 g/mol. The van der Waals surface area contributed by atoms with E-state index in [1.54, 1.807) is 85.8 Å². The highest BCUT2D eigenvalue weighted by Crippen LogP contribution is 2.27. The zero-order valence-corrected chi connectivity index (χ0v) is 24.9. The fraction of sp³-hybridized carbons (Fsp3) is 0.0882. The first-order valence-corrected chi connectivity index (χ1v) is 14.8. The van der Waals surface area contributed by atoms with Crippen LogP contribution in [-0.4, -0.2) is 34.7 Å². The number of amidine groups is 1. The van der Waals surface area contributed by atoms with Gasteiger partial charge in [-0.15, -0.1) is 11.8 Å². The normalized spacial score (nSPS) is 13.6. The molecule has 11 heteroatoms. The number of para-hydroxylation sites is 1. The van der Waals surface area contributed by atoms with Gasteiger partial charge >= 0.3 is 0 Å². The van der Waals surface area contributed by atoms with E-state index in [1.807, 2.05) is 6.07 Å². The highest BCUT2D eigenvalue weighted by atomic mass is 32.2. The monoisotopic (exact) mass is 621 g/mol. The number of nitrogens with zero attached hydrogens (tertiary/aromatic N) is 2. The number of hydrazone groups is 1. The van der Waals surface area contributed by atoms with Crippen LogP contribution in [0, 0.1) is 5.82 Å². The van der Waals surface area contributed by atoms with Crippen LogP contribution >= 0.6 is 11.8 Å². The van der Waals surface area contributed by atoms with Crippen LogP contribution < -0.4 is 21.0 Å². The Balaban J connectivity index is 1.25. The van der Waals surface area contributed by atoms with Crippen LogP contribution in [0.4, 0.5) is 15.8 Å². The number of anilines is 2. The van der Waals surface area contributed by atoms with Crippen molar-refractivity contribution in [2.45, 2.75) is 23.5 Å². The molecule has 1 heterocycles. The molecule has 226 valence electrons. The maximum absolute atomic E-state index is 13.5. The largest absolute Gasteiger partial charge is 0.321 e. The summed E-state index contributed by atoms with van der Waals surface area (Å²) in [5.41, 5.74) is 1.88. The molecule has 0 radical (unpaired) electrons. The molecule has 1 aliphatic rings. The molecular formula is C34H28FN5O4S. The third-order valence-electron chi connectivity index (χ3n) is 6.53. The molecule has 0 aromatic heterocycles. The van der Waals surface area contributed by atoms with Crippen molar-refractivity contribution in [3.63, 3.8) is 0 Å². The minimum Gasteiger partial charge on any atom is -0.321 e. The molecule has 4 aromatic rings. The lowest BCUT2D eigenvalue weighted by Crippen LogP contribution is -2.35. The molecule has 0 fully saturated rings. The topological polar surface area (TPSA) is 120 Å². The molecule has 3 N–H and O–H groups in total. The van der Waals surface area contributed by atoms with Gasteiger partial charge in [-0.2, -0.15) is 10.1 Å². The molecule has 9 nitrogen and oxygen atoms in total. The molecule has 5 rings (SSSR count). The maximum atomic E-state index is 13.5. The van der Waals surface area contributed by atoms with Gasteiger partial charge in [0.25, 0.3) is 17.7 Å². The maximum Gasteiger partial charge on any atom is 0.272 e. The van der Waals surface area contributed by atoms with E-state index in [2.05, 4.69) is 21.1 Å². The Labute approximate surface area is 263 Å². The van der Waals surface area contributed by atoms with Crippen LogP contribution in [-0.2, 0) is 14.4 Å².